The van der Waals surface area contributed by atoms with Gasteiger partial charge in [-0.1, -0.05) is 44.7 Å². The van der Waals surface area contributed by atoms with Crippen molar-refractivity contribution in [3.63, 3.8) is 0 Å². The Morgan fingerprint density at radius 1 is 1.00 bits per heavy atom. The van der Waals surface area contributed by atoms with Crippen molar-refractivity contribution in [2.45, 2.75) is 58.5 Å². The first-order chi connectivity index (χ1) is 16.1. The van der Waals surface area contributed by atoms with Crippen LogP contribution in [0.3, 0.4) is 0 Å². The second kappa shape index (κ2) is 12.7. The lowest BCUT2D eigenvalue weighted by atomic mass is 10.1. The largest absolute Gasteiger partial charge is 0.467 e. The molecule has 33 heavy (non-hydrogen) atoms. The quantitative estimate of drug-likeness (QED) is 0.300. The van der Waals surface area contributed by atoms with Crippen LogP contribution in [-0.4, -0.2) is 41.5 Å². The van der Waals surface area contributed by atoms with Gasteiger partial charge in [0.1, 0.15) is 12.3 Å². The second-order valence-electron chi connectivity index (χ2n) is 8.24. The molecule has 7 nitrogen and oxygen atoms in total. The molecular weight excluding hydrogens is 420 g/mol. The lowest BCUT2D eigenvalue weighted by molar-refractivity contribution is -0.141. The highest BCUT2D eigenvalue weighted by Gasteiger charge is 2.22. The number of rotatable bonds is 14. The number of hydrogen-bond acceptors (Lipinski definition) is 5. The van der Waals surface area contributed by atoms with Gasteiger partial charge in [-0.3, -0.25) is 9.59 Å². The van der Waals surface area contributed by atoms with Crippen LogP contribution in [0.5, 0.6) is 11.5 Å². The monoisotopic (exact) mass is 454 g/mol. The fourth-order valence-electron chi connectivity index (χ4n) is 3.79. The first-order valence-corrected chi connectivity index (χ1v) is 11.7. The van der Waals surface area contributed by atoms with E-state index in [1.807, 2.05) is 24.3 Å². The molecule has 1 aliphatic rings. The summed E-state index contributed by atoms with van der Waals surface area (Å²) >= 11 is 0. The van der Waals surface area contributed by atoms with Crippen molar-refractivity contribution in [1.29, 1.82) is 0 Å². The van der Waals surface area contributed by atoms with Gasteiger partial charge in [0.25, 0.3) is 0 Å². The van der Waals surface area contributed by atoms with Gasteiger partial charge in [-0.25, -0.2) is 0 Å². The Kier molecular flexibility index (Phi) is 9.42. The van der Waals surface area contributed by atoms with Crippen LogP contribution >= 0.6 is 0 Å². The van der Waals surface area contributed by atoms with E-state index >= 15 is 0 Å². The third-order valence-corrected chi connectivity index (χ3v) is 5.61. The molecule has 0 fully saturated rings. The van der Waals surface area contributed by atoms with Gasteiger partial charge in [0.05, 0.1) is 12.8 Å². The molecule has 1 aromatic heterocycles. The predicted molar refractivity (Wildman–Crippen MR) is 126 cm³/mol. The van der Waals surface area contributed by atoms with E-state index < -0.39 is 0 Å². The Bertz CT molecular complexity index is 909. The molecule has 0 unspecified atom stereocenters. The molecule has 178 valence electrons. The molecule has 3 rings (SSSR count). The third-order valence-electron chi connectivity index (χ3n) is 5.61. The Morgan fingerprint density at radius 3 is 2.58 bits per heavy atom. The first-order valence-electron chi connectivity index (χ1n) is 11.7. The molecule has 1 aromatic carbocycles. The number of furan rings is 1. The minimum atomic E-state index is -0.148. The van der Waals surface area contributed by atoms with Crippen LogP contribution in [-0.2, 0) is 22.7 Å². The molecule has 0 radical (unpaired) electrons. The van der Waals surface area contributed by atoms with E-state index in [4.69, 9.17) is 13.9 Å². The van der Waals surface area contributed by atoms with E-state index in [-0.39, 0.29) is 25.2 Å². The SMILES string of the molecule is C=CCN(CC(=O)N(Cc1ccc2c(c1)OCO2)Cc1ccco1)C(=O)CCCCCCC. The zero-order valence-electron chi connectivity index (χ0n) is 19.5. The number of ether oxygens (including phenoxy) is 2. The van der Waals surface area contributed by atoms with Gasteiger partial charge in [0.2, 0.25) is 18.6 Å². The fourth-order valence-corrected chi connectivity index (χ4v) is 3.79. The van der Waals surface area contributed by atoms with Crippen molar-refractivity contribution in [3.8, 4) is 11.5 Å². The van der Waals surface area contributed by atoms with Crippen molar-refractivity contribution in [3.05, 3.63) is 60.6 Å². The maximum absolute atomic E-state index is 13.3. The molecule has 1 aliphatic heterocycles. The summed E-state index contributed by atoms with van der Waals surface area (Å²) in [6.45, 7) is 7.15. The standard InChI is InChI=1S/C26H34N2O5/c1-3-5-6-7-8-11-25(29)27(14-4-2)19-26(30)28(18-22-10-9-15-31-22)17-21-12-13-23-24(16-21)33-20-32-23/h4,9-10,12-13,15-16H,2-3,5-8,11,14,17-20H2,1H3. The number of nitrogens with zero attached hydrogens (tertiary/aromatic N) is 2. The number of amides is 2. The van der Waals surface area contributed by atoms with Crippen LogP contribution < -0.4 is 9.47 Å². The number of unbranched alkanes of at least 4 members (excludes halogenated alkanes) is 4. The average molecular weight is 455 g/mol. The number of fused-ring (bicyclic) bond motifs is 1. The first kappa shape index (κ1) is 24.4. The maximum atomic E-state index is 13.3. The summed E-state index contributed by atoms with van der Waals surface area (Å²) in [6.07, 6.45) is 9.06. The maximum Gasteiger partial charge on any atom is 0.242 e. The van der Waals surface area contributed by atoms with Crippen molar-refractivity contribution in [2.24, 2.45) is 0 Å². The number of hydrogen-bond donors (Lipinski definition) is 0. The highest BCUT2D eigenvalue weighted by atomic mass is 16.7. The zero-order valence-corrected chi connectivity index (χ0v) is 19.5. The second-order valence-corrected chi connectivity index (χ2v) is 8.24. The van der Waals surface area contributed by atoms with E-state index in [9.17, 15) is 9.59 Å². The van der Waals surface area contributed by atoms with Crippen LogP contribution in [0.4, 0.5) is 0 Å². The van der Waals surface area contributed by atoms with Gasteiger partial charge in [0, 0.05) is 19.5 Å². The van der Waals surface area contributed by atoms with E-state index in [1.165, 1.54) is 12.8 Å². The highest BCUT2D eigenvalue weighted by molar-refractivity contribution is 5.85. The van der Waals surface area contributed by atoms with Gasteiger partial charge in [-0.15, -0.1) is 6.58 Å². The molecule has 2 amide bonds. The normalized spacial score (nSPS) is 11.9. The van der Waals surface area contributed by atoms with Gasteiger partial charge < -0.3 is 23.7 Å². The van der Waals surface area contributed by atoms with Crippen LogP contribution in [0.2, 0.25) is 0 Å². The number of benzene rings is 1. The zero-order chi connectivity index (χ0) is 23.5. The van der Waals surface area contributed by atoms with Gasteiger partial charge >= 0.3 is 0 Å². The highest BCUT2D eigenvalue weighted by Crippen LogP contribution is 2.33. The van der Waals surface area contributed by atoms with E-state index in [1.54, 1.807) is 28.2 Å². The summed E-state index contributed by atoms with van der Waals surface area (Å²) < 4.78 is 16.3. The summed E-state index contributed by atoms with van der Waals surface area (Å²) in [5.74, 6) is 1.89. The van der Waals surface area contributed by atoms with Crippen LogP contribution in [0.25, 0.3) is 0 Å². The summed E-state index contributed by atoms with van der Waals surface area (Å²) in [5.41, 5.74) is 0.914. The molecule has 0 atom stereocenters. The van der Waals surface area contributed by atoms with Crippen molar-refractivity contribution < 1.29 is 23.5 Å². The Balaban J connectivity index is 1.65. The van der Waals surface area contributed by atoms with E-state index in [2.05, 4.69) is 13.5 Å². The fraction of sp³-hybridized carbons (Fsp3) is 0.462. The average Bonchev–Trinajstić information content (AvgIpc) is 3.49. The molecule has 0 aliphatic carbocycles. The van der Waals surface area contributed by atoms with Crippen LogP contribution in [0.1, 0.15) is 56.8 Å². The minimum Gasteiger partial charge on any atom is -0.467 e. The molecule has 0 bridgehead atoms. The predicted octanol–water partition coefficient (Wildman–Crippen LogP) is 4.91. The van der Waals surface area contributed by atoms with Crippen LogP contribution in [0.15, 0.2) is 53.7 Å². The van der Waals surface area contributed by atoms with E-state index in [0.29, 0.717) is 43.3 Å². The van der Waals surface area contributed by atoms with Crippen molar-refractivity contribution >= 4 is 11.8 Å². The molecule has 7 heteroatoms. The lowest BCUT2D eigenvalue weighted by Gasteiger charge is -2.27. The molecule has 0 saturated heterocycles. The van der Waals surface area contributed by atoms with Gasteiger partial charge in [-0.05, 0) is 36.2 Å². The topological polar surface area (TPSA) is 72.2 Å². The Hall–Kier alpha value is -3.22. The Morgan fingerprint density at radius 2 is 1.82 bits per heavy atom. The molecule has 0 saturated carbocycles. The van der Waals surface area contributed by atoms with E-state index in [0.717, 1.165) is 24.8 Å². The summed E-state index contributed by atoms with van der Waals surface area (Å²) in [7, 11) is 0. The lowest BCUT2D eigenvalue weighted by Crippen LogP contribution is -2.42. The van der Waals surface area contributed by atoms with Gasteiger partial charge in [0.15, 0.2) is 11.5 Å². The minimum absolute atomic E-state index is 0.00503. The molecule has 2 heterocycles. The molecule has 0 spiro atoms. The molecular formula is C26H34N2O5. The molecule has 0 N–H and O–H groups in total. The van der Waals surface area contributed by atoms with Crippen molar-refractivity contribution in [2.75, 3.05) is 19.9 Å². The van der Waals surface area contributed by atoms with Gasteiger partial charge in [-0.2, -0.15) is 0 Å². The smallest absolute Gasteiger partial charge is 0.242 e. The number of carbonyl (C=O) groups excluding carboxylic acids is 2. The summed E-state index contributed by atoms with van der Waals surface area (Å²) in [6, 6.07) is 9.28. The van der Waals surface area contributed by atoms with Crippen LogP contribution in [0, 0.1) is 0 Å². The Labute approximate surface area is 195 Å². The third kappa shape index (κ3) is 7.41. The summed E-state index contributed by atoms with van der Waals surface area (Å²) in [4.78, 5) is 29.4. The van der Waals surface area contributed by atoms with Crippen molar-refractivity contribution in [1.82, 2.24) is 9.80 Å². The molecule has 2 aromatic rings. The number of carbonyl (C=O) groups is 2. The summed E-state index contributed by atoms with van der Waals surface area (Å²) in [5, 5.41) is 0.